The number of carbonyl (C=O) groups is 1. The van der Waals surface area contributed by atoms with Gasteiger partial charge in [0.15, 0.2) is 0 Å². The van der Waals surface area contributed by atoms with Gasteiger partial charge in [0.05, 0.1) is 19.1 Å². The number of rotatable bonds is 5. The molecule has 4 nitrogen and oxygen atoms in total. The molecule has 2 atom stereocenters. The van der Waals surface area contributed by atoms with Gasteiger partial charge in [0.25, 0.3) is 0 Å². The first kappa shape index (κ1) is 11.9. The average Bonchev–Trinajstić information content (AvgIpc) is 3.01. The molecule has 1 aliphatic heterocycles. The van der Waals surface area contributed by atoms with Crippen LogP contribution in [-0.2, 0) is 14.9 Å². The Morgan fingerprint density at radius 1 is 1.47 bits per heavy atom. The van der Waals surface area contributed by atoms with Crippen molar-refractivity contribution in [2.75, 3.05) is 6.61 Å². The number of benzene rings is 1. The third-order valence-electron chi connectivity index (χ3n) is 3.19. The van der Waals surface area contributed by atoms with Crippen LogP contribution in [0.15, 0.2) is 24.3 Å². The molecule has 1 unspecified atom stereocenters. The number of hydrogen-bond acceptors (Lipinski definition) is 3. The topological polar surface area (TPSA) is 70.1 Å². The van der Waals surface area contributed by atoms with Crippen LogP contribution in [0.25, 0.3) is 0 Å². The lowest BCUT2D eigenvalue weighted by Gasteiger charge is -2.28. The van der Waals surface area contributed by atoms with Crippen LogP contribution in [0.2, 0.25) is 0 Å². The van der Waals surface area contributed by atoms with Gasteiger partial charge >= 0.3 is 5.97 Å². The summed E-state index contributed by atoms with van der Waals surface area (Å²) in [5.74, 6) is -0.629. The van der Waals surface area contributed by atoms with Crippen molar-refractivity contribution in [2.24, 2.45) is 0 Å². The number of epoxide rings is 1. The van der Waals surface area contributed by atoms with Gasteiger partial charge in [-0.05, 0) is 24.1 Å². The molecule has 2 rings (SSSR count). The second-order valence-corrected chi connectivity index (χ2v) is 4.84. The van der Waals surface area contributed by atoms with E-state index in [1.54, 1.807) is 24.3 Å². The minimum Gasteiger partial charge on any atom is -0.508 e. The monoisotopic (exact) mass is 236 g/mol. The number of ether oxygens (including phenoxy) is 1. The molecule has 1 heterocycles. The van der Waals surface area contributed by atoms with Crippen molar-refractivity contribution < 1.29 is 19.7 Å². The fourth-order valence-corrected chi connectivity index (χ4v) is 2.18. The zero-order valence-corrected chi connectivity index (χ0v) is 9.72. The van der Waals surface area contributed by atoms with E-state index in [4.69, 9.17) is 9.84 Å². The summed E-state index contributed by atoms with van der Waals surface area (Å²) in [6.45, 7) is 2.64. The van der Waals surface area contributed by atoms with Gasteiger partial charge in [-0.1, -0.05) is 19.1 Å². The first-order chi connectivity index (χ1) is 7.99. The van der Waals surface area contributed by atoms with Gasteiger partial charge in [0, 0.05) is 5.41 Å². The van der Waals surface area contributed by atoms with E-state index in [1.807, 2.05) is 6.92 Å². The van der Waals surface area contributed by atoms with Gasteiger partial charge in [0.1, 0.15) is 5.75 Å². The molecule has 0 aliphatic carbocycles. The first-order valence-corrected chi connectivity index (χ1v) is 5.62. The van der Waals surface area contributed by atoms with Crippen LogP contribution in [0.3, 0.4) is 0 Å². The van der Waals surface area contributed by atoms with E-state index >= 15 is 0 Å². The van der Waals surface area contributed by atoms with Crippen LogP contribution in [0.1, 0.15) is 25.3 Å². The van der Waals surface area contributed by atoms with Crippen LogP contribution < -0.4 is 0 Å². The third-order valence-corrected chi connectivity index (χ3v) is 3.19. The fraction of sp³-hybridized carbons (Fsp3) is 0.462. The van der Waals surface area contributed by atoms with Crippen molar-refractivity contribution in [3.8, 4) is 5.75 Å². The third kappa shape index (κ3) is 2.97. The van der Waals surface area contributed by atoms with Crippen molar-refractivity contribution >= 4 is 5.97 Å². The highest BCUT2D eigenvalue weighted by atomic mass is 16.6. The molecule has 0 bridgehead atoms. The van der Waals surface area contributed by atoms with Crippen molar-refractivity contribution in [3.05, 3.63) is 29.8 Å². The normalized spacial score (nSPS) is 21.8. The zero-order valence-electron chi connectivity index (χ0n) is 9.72. The van der Waals surface area contributed by atoms with Gasteiger partial charge in [-0.25, -0.2) is 0 Å². The minimum absolute atomic E-state index is 0.0671. The molecule has 0 radical (unpaired) electrons. The van der Waals surface area contributed by atoms with E-state index in [1.165, 1.54) is 0 Å². The van der Waals surface area contributed by atoms with Crippen LogP contribution in [0, 0.1) is 0 Å². The van der Waals surface area contributed by atoms with E-state index in [0.29, 0.717) is 13.0 Å². The van der Waals surface area contributed by atoms with Crippen LogP contribution in [0.5, 0.6) is 5.75 Å². The zero-order chi connectivity index (χ0) is 12.5. The quantitative estimate of drug-likeness (QED) is 0.766. The van der Waals surface area contributed by atoms with E-state index < -0.39 is 11.4 Å². The molecule has 1 fully saturated rings. The SMILES string of the molecule is CC(CC(=O)O)(C[C@@H]1CO1)c1ccc(O)cc1. The summed E-state index contributed by atoms with van der Waals surface area (Å²) < 4.78 is 5.19. The second-order valence-electron chi connectivity index (χ2n) is 4.84. The lowest BCUT2D eigenvalue weighted by Crippen LogP contribution is -2.27. The number of phenolic OH excluding ortho intramolecular Hbond substituents is 1. The largest absolute Gasteiger partial charge is 0.508 e. The lowest BCUT2D eigenvalue weighted by molar-refractivity contribution is -0.138. The summed E-state index contributed by atoms with van der Waals surface area (Å²) in [7, 11) is 0. The first-order valence-electron chi connectivity index (χ1n) is 5.62. The Morgan fingerprint density at radius 3 is 2.53 bits per heavy atom. The highest BCUT2D eigenvalue weighted by molar-refractivity contribution is 5.69. The summed E-state index contributed by atoms with van der Waals surface area (Å²) in [6.07, 6.45) is 0.940. The predicted molar refractivity (Wildman–Crippen MR) is 62.1 cm³/mol. The van der Waals surface area contributed by atoms with Crippen LogP contribution in [0.4, 0.5) is 0 Å². The number of aromatic hydroxyl groups is 1. The molecule has 1 aliphatic rings. The number of phenols is 1. The molecule has 1 aromatic rings. The molecule has 0 amide bonds. The summed E-state index contributed by atoms with van der Waals surface area (Å²) in [5, 5.41) is 18.3. The maximum Gasteiger partial charge on any atom is 0.304 e. The Kier molecular flexibility index (Phi) is 3.07. The molecular formula is C13H16O4. The predicted octanol–water partition coefficient (Wildman–Crippen LogP) is 1.91. The van der Waals surface area contributed by atoms with Crippen molar-refractivity contribution in [2.45, 2.75) is 31.3 Å². The molecule has 4 heteroatoms. The molecule has 17 heavy (non-hydrogen) atoms. The maximum absolute atomic E-state index is 11.0. The van der Waals surface area contributed by atoms with Gasteiger partial charge in [-0.3, -0.25) is 4.79 Å². The Balaban J connectivity index is 2.23. The molecular weight excluding hydrogens is 220 g/mol. The molecule has 0 aromatic heterocycles. The number of aliphatic carboxylic acids is 1. The maximum atomic E-state index is 11.0. The lowest BCUT2D eigenvalue weighted by atomic mass is 9.76. The second kappa shape index (κ2) is 4.37. The van der Waals surface area contributed by atoms with Crippen molar-refractivity contribution in [1.82, 2.24) is 0 Å². The van der Waals surface area contributed by atoms with E-state index in [9.17, 15) is 9.90 Å². The Morgan fingerprint density at radius 2 is 2.06 bits per heavy atom. The Labute approximate surface area is 99.8 Å². The Bertz CT molecular complexity index is 408. The van der Waals surface area contributed by atoms with Crippen molar-refractivity contribution in [3.63, 3.8) is 0 Å². The highest BCUT2D eigenvalue weighted by Crippen LogP contribution is 2.37. The molecule has 1 aromatic carbocycles. The number of hydrogen-bond donors (Lipinski definition) is 2. The number of carboxylic acids is 1. The Hall–Kier alpha value is -1.55. The van der Waals surface area contributed by atoms with E-state index in [2.05, 4.69) is 0 Å². The summed E-state index contributed by atoms with van der Waals surface area (Å²) in [6, 6.07) is 6.73. The molecule has 0 saturated carbocycles. The number of carboxylic acid groups (broad SMARTS) is 1. The summed E-state index contributed by atoms with van der Waals surface area (Å²) in [4.78, 5) is 11.0. The minimum atomic E-state index is -0.818. The standard InChI is InChI=1S/C13H16O4/c1-13(7-12(15)16,6-11-8-17-11)9-2-4-10(14)5-3-9/h2-5,11,14H,6-8H2,1H3,(H,15,16)/t11-,13?/m1/s1. The van der Waals surface area contributed by atoms with E-state index in [0.717, 1.165) is 5.56 Å². The van der Waals surface area contributed by atoms with Crippen LogP contribution in [-0.4, -0.2) is 28.9 Å². The average molecular weight is 236 g/mol. The van der Waals surface area contributed by atoms with Gasteiger partial charge < -0.3 is 14.9 Å². The van der Waals surface area contributed by atoms with Gasteiger partial charge in [-0.2, -0.15) is 0 Å². The molecule has 1 saturated heterocycles. The van der Waals surface area contributed by atoms with Crippen LogP contribution >= 0.6 is 0 Å². The van der Waals surface area contributed by atoms with Crippen molar-refractivity contribution in [1.29, 1.82) is 0 Å². The van der Waals surface area contributed by atoms with E-state index in [-0.39, 0.29) is 18.3 Å². The molecule has 92 valence electrons. The summed E-state index contributed by atoms with van der Waals surface area (Å²) in [5.41, 5.74) is 0.481. The van der Waals surface area contributed by atoms with Gasteiger partial charge in [0.2, 0.25) is 0 Å². The summed E-state index contributed by atoms with van der Waals surface area (Å²) >= 11 is 0. The molecule has 0 spiro atoms. The van der Waals surface area contributed by atoms with Gasteiger partial charge in [-0.15, -0.1) is 0 Å². The smallest absolute Gasteiger partial charge is 0.304 e. The fourth-order valence-electron chi connectivity index (χ4n) is 2.18. The molecule has 2 N–H and O–H groups in total. The highest BCUT2D eigenvalue weighted by Gasteiger charge is 2.37.